The van der Waals surface area contributed by atoms with Gasteiger partial charge >= 0.3 is 0 Å². The SMILES string of the molecule is Cn1cc(CC2(N)CCCCC2C(C)(C)C)nn1. The summed E-state index contributed by atoms with van der Waals surface area (Å²) in [5.41, 5.74) is 7.92. The van der Waals surface area contributed by atoms with E-state index in [9.17, 15) is 0 Å². The fourth-order valence-corrected chi connectivity index (χ4v) is 3.58. The van der Waals surface area contributed by atoms with Gasteiger partial charge < -0.3 is 5.73 Å². The van der Waals surface area contributed by atoms with Crippen LogP contribution in [0.1, 0.15) is 52.1 Å². The van der Waals surface area contributed by atoms with Crippen molar-refractivity contribution in [2.45, 2.75) is 58.4 Å². The highest BCUT2D eigenvalue weighted by Crippen LogP contribution is 2.44. The van der Waals surface area contributed by atoms with Crippen molar-refractivity contribution in [3.63, 3.8) is 0 Å². The van der Waals surface area contributed by atoms with Crippen molar-refractivity contribution in [1.82, 2.24) is 15.0 Å². The molecule has 102 valence electrons. The Morgan fingerprint density at radius 2 is 2.17 bits per heavy atom. The summed E-state index contributed by atoms with van der Waals surface area (Å²) in [5.74, 6) is 0.556. The van der Waals surface area contributed by atoms with Crippen molar-refractivity contribution in [2.24, 2.45) is 24.1 Å². The second-order valence-electron chi connectivity index (χ2n) is 6.96. The Balaban J connectivity index is 2.20. The molecule has 0 saturated heterocycles. The predicted octanol–water partition coefficient (Wildman–Crippen LogP) is 2.29. The number of aryl methyl sites for hydroxylation is 1. The molecule has 4 nitrogen and oxygen atoms in total. The topological polar surface area (TPSA) is 56.7 Å². The van der Waals surface area contributed by atoms with E-state index < -0.39 is 0 Å². The lowest BCUT2D eigenvalue weighted by Crippen LogP contribution is -2.55. The second kappa shape index (κ2) is 4.65. The number of hydrogen-bond acceptors (Lipinski definition) is 3. The molecule has 0 spiro atoms. The first-order valence-corrected chi connectivity index (χ1v) is 6.95. The molecule has 0 amide bonds. The molecule has 1 aromatic heterocycles. The Morgan fingerprint density at radius 1 is 1.44 bits per heavy atom. The standard InChI is InChI=1S/C14H26N4/c1-13(2,3)12-7-5-6-8-14(12,15)9-11-10-18(4)17-16-11/h10,12H,5-9,15H2,1-4H3. The van der Waals surface area contributed by atoms with Gasteiger partial charge in [-0.25, -0.2) is 0 Å². The van der Waals surface area contributed by atoms with E-state index in [1.807, 2.05) is 13.2 Å². The highest BCUT2D eigenvalue weighted by Gasteiger charge is 2.43. The fourth-order valence-electron chi connectivity index (χ4n) is 3.58. The third-order valence-corrected chi connectivity index (χ3v) is 4.28. The van der Waals surface area contributed by atoms with Crippen LogP contribution in [0.5, 0.6) is 0 Å². The lowest BCUT2D eigenvalue weighted by atomic mass is 9.61. The molecule has 1 aromatic rings. The molecule has 2 atom stereocenters. The number of aromatic nitrogens is 3. The van der Waals surface area contributed by atoms with E-state index in [0.717, 1.165) is 18.5 Å². The summed E-state index contributed by atoms with van der Waals surface area (Å²) in [6.45, 7) is 6.92. The highest BCUT2D eigenvalue weighted by atomic mass is 15.4. The smallest absolute Gasteiger partial charge is 0.0845 e. The molecule has 0 aromatic carbocycles. The second-order valence-corrected chi connectivity index (χ2v) is 6.96. The Labute approximate surface area is 110 Å². The van der Waals surface area contributed by atoms with Gasteiger partial charge in [-0.1, -0.05) is 38.8 Å². The Kier molecular flexibility index (Phi) is 3.49. The highest BCUT2D eigenvalue weighted by molar-refractivity contribution is 5.07. The minimum absolute atomic E-state index is 0.119. The van der Waals surface area contributed by atoms with Gasteiger partial charge in [0.25, 0.3) is 0 Å². The van der Waals surface area contributed by atoms with Gasteiger partial charge in [-0.15, -0.1) is 5.10 Å². The monoisotopic (exact) mass is 250 g/mol. The van der Waals surface area contributed by atoms with Gasteiger partial charge in [0.05, 0.1) is 5.69 Å². The van der Waals surface area contributed by atoms with Crippen LogP contribution >= 0.6 is 0 Å². The maximum absolute atomic E-state index is 6.75. The van der Waals surface area contributed by atoms with E-state index in [1.165, 1.54) is 19.3 Å². The van der Waals surface area contributed by atoms with E-state index in [0.29, 0.717) is 5.92 Å². The van der Waals surface area contributed by atoms with Gasteiger partial charge in [0.15, 0.2) is 0 Å². The number of rotatable bonds is 2. The Hall–Kier alpha value is -0.900. The van der Waals surface area contributed by atoms with E-state index in [2.05, 4.69) is 31.1 Å². The molecule has 1 aliphatic carbocycles. The van der Waals surface area contributed by atoms with Crippen molar-refractivity contribution in [2.75, 3.05) is 0 Å². The van der Waals surface area contributed by atoms with E-state index in [4.69, 9.17) is 5.73 Å². The first-order valence-electron chi connectivity index (χ1n) is 6.95. The molecule has 2 N–H and O–H groups in total. The molecule has 2 rings (SSSR count). The van der Waals surface area contributed by atoms with E-state index in [1.54, 1.807) is 4.68 Å². The van der Waals surface area contributed by atoms with Gasteiger partial charge in [0, 0.05) is 25.2 Å². The van der Waals surface area contributed by atoms with Crippen LogP contribution in [0.4, 0.5) is 0 Å². The zero-order chi connectivity index (χ0) is 13.4. The lowest BCUT2D eigenvalue weighted by molar-refractivity contribution is 0.0786. The summed E-state index contributed by atoms with van der Waals surface area (Å²) in [7, 11) is 1.90. The molecular weight excluding hydrogens is 224 g/mol. The first kappa shape index (κ1) is 13.5. The third kappa shape index (κ3) is 2.74. The molecule has 18 heavy (non-hydrogen) atoms. The van der Waals surface area contributed by atoms with Crippen LogP contribution in [0, 0.1) is 11.3 Å². The molecule has 1 fully saturated rings. The quantitative estimate of drug-likeness (QED) is 0.876. The number of nitrogens with zero attached hydrogens (tertiary/aromatic N) is 3. The van der Waals surface area contributed by atoms with Crippen LogP contribution < -0.4 is 5.73 Å². The number of nitrogens with two attached hydrogens (primary N) is 1. The Bertz CT molecular complexity index is 404. The molecule has 0 radical (unpaired) electrons. The zero-order valence-electron chi connectivity index (χ0n) is 12.1. The van der Waals surface area contributed by atoms with Crippen molar-refractivity contribution < 1.29 is 0 Å². The van der Waals surface area contributed by atoms with Gasteiger partial charge in [0.1, 0.15) is 0 Å². The van der Waals surface area contributed by atoms with Crippen LogP contribution in [0.15, 0.2) is 6.20 Å². The summed E-state index contributed by atoms with van der Waals surface area (Å²) >= 11 is 0. The molecule has 4 heteroatoms. The predicted molar refractivity (Wildman–Crippen MR) is 73.0 cm³/mol. The maximum atomic E-state index is 6.75. The third-order valence-electron chi connectivity index (χ3n) is 4.28. The van der Waals surface area contributed by atoms with Crippen LogP contribution in [0.3, 0.4) is 0 Å². The van der Waals surface area contributed by atoms with E-state index in [-0.39, 0.29) is 11.0 Å². The minimum Gasteiger partial charge on any atom is -0.324 e. The molecule has 1 saturated carbocycles. The molecule has 0 aliphatic heterocycles. The van der Waals surface area contributed by atoms with Crippen molar-refractivity contribution in [1.29, 1.82) is 0 Å². The molecule has 1 aliphatic rings. The minimum atomic E-state index is -0.119. The summed E-state index contributed by atoms with van der Waals surface area (Å²) in [4.78, 5) is 0. The molecule has 2 unspecified atom stereocenters. The van der Waals surface area contributed by atoms with E-state index >= 15 is 0 Å². The normalized spacial score (nSPS) is 29.5. The largest absolute Gasteiger partial charge is 0.324 e. The van der Waals surface area contributed by atoms with Gasteiger partial charge in [-0.05, 0) is 24.2 Å². The summed E-state index contributed by atoms with van der Waals surface area (Å²) in [5, 5.41) is 8.22. The average molecular weight is 250 g/mol. The summed E-state index contributed by atoms with van der Waals surface area (Å²) in [6.07, 6.45) is 7.72. The van der Waals surface area contributed by atoms with Crippen molar-refractivity contribution in [3.8, 4) is 0 Å². The summed E-state index contributed by atoms with van der Waals surface area (Å²) in [6, 6.07) is 0. The zero-order valence-corrected chi connectivity index (χ0v) is 12.1. The Morgan fingerprint density at radius 3 is 2.72 bits per heavy atom. The average Bonchev–Trinajstić information content (AvgIpc) is 2.62. The summed E-state index contributed by atoms with van der Waals surface area (Å²) < 4.78 is 1.76. The molecule has 1 heterocycles. The molecular formula is C14H26N4. The van der Waals surface area contributed by atoms with Crippen LogP contribution in [0.2, 0.25) is 0 Å². The van der Waals surface area contributed by atoms with Gasteiger partial charge in [0.2, 0.25) is 0 Å². The van der Waals surface area contributed by atoms with Crippen molar-refractivity contribution in [3.05, 3.63) is 11.9 Å². The van der Waals surface area contributed by atoms with Crippen LogP contribution in [-0.4, -0.2) is 20.5 Å². The molecule has 0 bridgehead atoms. The van der Waals surface area contributed by atoms with Crippen molar-refractivity contribution >= 4 is 0 Å². The van der Waals surface area contributed by atoms with Gasteiger partial charge in [-0.2, -0.15) is 0 Å². The van der Waals surface area contributed by atoms with Crippen LogP contribution in [0.25, 0.3) is 0 Å². The van der Waals surface area contributed by atoms with Gasteiger partial charge in [-0.3, -0.25) is 4.68 Å². The maximum Gasteiger partial charge on any atom is 0.0845 e. The fraction of sp³-hybridized carbons (Fsp3) is 0.857. The lowest BCUT2D eigenvalue weighted by Gasteiger charge is -2.47. The first-order chi connectivity index (χ1) is 8.31. The van der Waals surface area contributed by atoms with Crippen LogP contribution in [-0.2, 0) is 13.5 Å². The number of hydrogen-bond donors (Lipinski definition) is 1.